The normalized spacial score (nSPS) is 11.7. The van der Waals surface area contributed by atoms with Gasteiger partial charge in [0, 0.05) is 44.0 Å². The van der Waals surface area contributed by atoms with Crippen molar-refractivity contribution in [1.29, 1.82) is 0 Å². The molecule has 0 unspecified atom stereocenters. The molecule has 219 valence electrons. The van der Waals surface area contributed by atoms with Crippen LogP contribution in [0.2, 0.25) is 0 Å². The zero-order chi connectivity index (χ0) is 30.6. The molecule has 3 aromatic heterocycles. The van der Waals surface area contributed by atoms with Crippen LogP contribution in [0.15, 0.2) is 144 Å². The van der Waals surface area contributed by atoms with Crippen molar-refractivity contribution < 1.29 is 9.15 Å². The largest absolute Gasteiger partial charge is 0.494 e. The van der Waals surface area contributed by atoms with Crippen LogP contribution in [-0.4, -0.2) is 25.9 Å². The monoisotopic (exact) mass is 595 g/mol. The molecule has 0 spiro atoms. The number of rotatable bonds is 6. The highest BCUT2D eigenvalue weighted by atomic mass is 16.5. The highest BCUT2D eigenvalue weighted by Gasteiger charge is 2.19. The van der Waals surface area contributed by atoms with E-state index >= 15 is 0 Å². The van der Waals surface area contributed by atoms with Crippen molar-refractivity contribution in [2.24, 2.45) is 0 Å². The van der Waals surface area contributed by atoms with Crippen LogP contribution in [0.25, 0.3) is 77.9 Å². The van der Waals surface area contributed by atoms with Crippen molar-refractivity contribution in [3.8, 4) is 40.0 Å². The molecule has 1 radical (unpaired) electrons. The van der Waals surface area contributed by atoms with E-state index in [0.29, 0.717) is 24.1 Å². The van der Waals surface area contributed by atoms with E-state index in [1.807, 2.05) is 24.3 Å². The van der Waals surface area contributed by atoms with E-state index in [4.69, 9.17) is 9.15 Å². The van der Waals surface area contributed by atoms with Gasteiger partial charge in [0.25, 0.3) is 0 Å². The van der Waals surface area contributed by atoms with E-state index in [1.165, 1.54) is 21.5 Å². The standard InChI is InChI=1S/C40H27N4O2/c1-2-45-30-13-11-12-26(24-30)39-41-42-40(46-39)27-22-28(43-35-18-7-3-14-31(35)32-15-4-8-19-36(32)43)25-29(23-27)44-37-20-9-5-16-33(37)34-17-6-10-21-38(34)44/h3-25H,1-2H2. The maximum absolute atomic E-state index is 6.37. The minimum Gasteiger partial charge on any atom is -0.494 e. The second-order valence-electron chi connectivity index (χ2n) is 11.3. The molecule has 0 amide bonds. The van der Waals surface area contributed by atoms with E-state index in [0.717, 1.165) is 44.6 Å². The average molecular weight is 596 g/mol. The van der Waals surface area contributed by atoms with E-state index in [1.54, 1.807) is 0 Å². The van der Waals surface area contributed by atoms with Gasteiger partial charge in [0.2, 0.25) is 11.8 Å². The second-order valence-corrected chi connectivity index (χ2v) is 11.3. The molecule has 0 saturated carbocycles. The summed E-state index contributed by atoms with van der Waals surface area (Å²) in [4.78, 5) is 0. The van der Waals surface area contributed by atoms with Gasteiger partial charge in [-0.05, 0) is 67.6 Å². The lowest BCUT2D eigenvalue weighted by molar-refractivity contribution is 0.361. The summed E-state index contributed by atoms with van der Waals surface area (Å²) in [6.45, 7) is 4.12. The average Bonchev–Trinajstić information content (AvgIpc) is 3.82. The van der Waals surface area contributed by atoms with Crippen LogP contribution in [0, 0.1) is 6.92 Å². The first kappa shape index (κ1) is 26.3. The molecule has 9 aromatic rings. The van der Waals surface area contributed by atoms with Crippen LogP contribution in [0.4, 0.5) is 0 Å². The summed E-state index contributed by atoms with van der Waals surface area (Å²) in [5, 5.41) is 13.8. The van der Waals surface area contributed by atoms with Crippen LogP contribution in [-0.2, 0) is 0 Å². The molecule has 0 fully saturated rings. The second kappa shape index (κ2) is 10.5. The molecule has 0 aliphatic rings. The van der Waals surface area contributed by atoms with Gasteiger partial charge in [0.05, 0.1) is 28.7 Å². The molecule has 46 heavy (non-hydrogen) atoms. The summed E-state index contributed by atoms with van der Waals surface area (Å²) in [6, 6.07) is 48.3. The molecule has 0 bridgehead atoms. The van der Waals surface area contributed by atoms with E-state index < -0.39 is 0 Å². The molecule has 3 heterocycles. The Morgan fingerprint density at radius 2 is 0.957 bits per heavy atom. The number of ether oxygens (including phenoxy) is 1. The molecule has 6 nitrogen and oxygen atoms in total. The Kier molecular flexibility index (Phi) is 5.99. The number of aromatic nitrogens is 4. The van der Waals surface area contributed by atoms with Crippen LogP contribution in [0.5, 0.6) is 5.75 Å². The summed E-state index contributed by atoms with van der Waals surface area (Å²) in [6.07, 6.45) is 0. The fourth-order valence-corrected chi connectivity index (χ4v) is 6.67. The Bertz CT molecular complexity index is 2330. The van der Waals surface area contributed by atoms with Gasteiger partial charge in [0.1, 0.15) is 5.75 Å². The molecule has 0 aliphatic carbocycles. The highest BCUT2D eigenvalue weighted by Crippen LogP contribution is 2.38. The fourth-order valence-electron chi connectivity index (χ4n) is 6.67. The summed E-state index contributed by atoms with van der Waals surface area (Å²) >= 11 is 0. The predicted octanol–water partition coefficient (Wildman–Crippen LogP) is 9.81. The lowest BCUT2D eigenvalue weighted by Crippen LogP contribution is -2.00. The van der Waals surface area contributed by atoms with Crippen molar-refractivity contribution in [1.82, 2.24) is 19.3 Å². The first-order chi connectivity index (χ1) is 22.8. The number of hydrogen-bond donors (Lipinski definition) is 0. The SMILES string of the molecule is [CH2]COc1cccc(-c2nnc(-c3cc(-n4c5ccccc5c5ccccc54)cc(-n4c5ccccc5c5ccccc54)c3)o2)c1. The van der Waals surface area contributed by atoms with Crippen LogP contribution < -0.4 is 4.74 Å². The van der Waals surface area contributed by atoms with Gasteiger partial charge in [0.15, 0.2) is 0 Å². The van der Waals surface area contributed by atoms with Gasteiger partial charge in [-0.3, -0.25) is 0 Å². The lowest BCUT2D eigenvalue weighted by Gasteiger charge is -2.14. The van der Waals surface area contributed by atoms with Crippen molar-refractivity contribution in [2.45, 2.75) is 0 Å². The van der Waals surface area contributed by atoms with E-state index in [2.05, 4.69) is 142 Å². The third kappa shape index (κ3) is 4.11. The number of para-hydroxylation sites is 4. The topological polar surface area (TPSA) is 58.0 Å². The Hall–Kier alpha value is -6.14. The maximum Gasteiger partial charge on any atom is 0.248 e. The Labute approximate surface area is 264 Å². The first-order valence-electron chi connectivity index (χ1n) is 15.3. The van der Waals surface area contributed by atoms with Crippen molar-refractivity contribution >= 4 is 43.6 Å². The van der Waals surface area contributed by atoms with Gasteiger partial charge >= 0.3 is 0 Å². The smallest absolute Gasteiger partial charge is 0.248 e. The first-order valence-corrected chi connectivity index (χ1v) is 15.3. The van der Waals surface area contributed by atoms with Crippen molar-refractivity contribution in [2.75, 3.05) is 6.61 Å². The predicted molar refractivity (Wildman–Crippen MR) is 185 cm³/mol. The summed E-state index contributed by atoms with van der Waals surface area (Å²) in [7, 11) is 0. The number of nitrogens with zero attached hydrogens (tertiary/aromatic N) is 4. The lowest BCUT2D eigenvalue weighted by atomic mass is 10.1. The molecule has 6 heteroatoms. The Morgan fingerprint density at radius 3 is 1.43 bits per heavy atom. The summed E-state index contributed by atoms with van der Waals surface area (Å²) in [5.74, 6) is 1.56. The number of fused-ring (bicyclic) bond motifs is 6. The van der Waals surface area contributed by atoms with Gasteiger partial charge < -0.3 is 18.3 Å². The maximum atomic E-state index is 6.37. The fraction of sp³-hybridized carbons (Fsp3) is 0.0250. The molecule has 6 aromatic carbocycles. The number of hydrogen-bond acceptors (Lipinski definition) is 4. The summed E-state index contributed by atoms with van der Waals surface area (Å²) in [5.41, 5.74) is 8.11. The zero-order valence-electron chi connectivity index (χ0n) is 24.8. The third-order valence-corrected chi connectivity index (χ3v) is 8.60. The van der Waals surface area contributed by atoms with Crippen LogP contribution in [0.3, 0.4) is 0 Å². The quantitative estimate of drug-likeness (QED) is 0.192. The minimum atomic E-state index is 0.333. The van der Waals surface area contributed by atoms with E-state index in [9.17, 15) is 0 Å². The van der Waals surface area contributed by atoms with Gasteiger partial charge in [-0.25, -0.2) is 0 Å². The van der Waals surface area contributed by atoms with Gasteiger partial charge in [-0.1, -0.05) is 78.9 Å². The Balaban J connectivity index is 1.32. The van der Waals surface area contributed by atoms with Crippen LogP contribution in [0.1, 0.15) is 0 Å². The molecule has 0 saturated heterocycles. The summed E-state index contributed by atoms with van der Waals surface area (Å²) < 4.78 is 16.6. The minimum absolute atomic E-state index is 0.333. The van der Waals surface area contributed by atoms with Gasteiger partial charge in [-0.15, -0.1) is 10.2 Å². The molecule has 0 aliphatic heterocycles. The van der Waals surface area contributed by atoms with Gasteiger partial charge in [-0.2, -0.15) is 0 Å². The van der Waals surface area contributed by atoms with Crippen LogP contribution >= 0.6 is 0 Å². The molecule has 9 rings (SSSR count). The molecule has 0 atom stereocenters. The molecule has 0 N–H and O–H groups in total. The molecular weight excluding hydrogens is 568 g/mol. The third-order valence-electron chi connectivity index (χ3n) is 8.60. The zero-order valence-corrected chi connectivity index (χ0v) is 24.8. The van der Waals surface area contributed by atoms with E-state index in [-0.39, 0.29) is 0 Å². The van der Waals surface area contributed by atoms with Crippen molar-refractivity contribution in [3.63, 3.8) is 0 Å². The highest BCUT2D eigenvalue weighted by molar-refractivity contribution is 6.10. The Morgan fingerprint density at radius 1 is 0.500 bits per heavy atom. The van der Waals surface area contributed by atoms with Crippen molar-refractivity contribution in [3.05, 3.63) is 146 Å². The molecular formula is C40H27N4O2. The number of benzene rings is 6.